The van der Waals surface area contributed by atoms with Crippen molar-refractivity contribution in [2.75, 3.05) is 31.1 Å². The van der Waals surface area contributed by atoms with Crippen LogP contribution in [0.1, 0.15) is 34.3 Å². The van der Waals surface area contributed by atoms with Gasteiger partial charge in [-0.1, -0.05) is 0 Å². The second-order valence-corrected chi connectivity index (χ2v) is 9.35. The van der Waals surface area contributed by atoms with E-state index in [4.69, 9.17) is 0 Å². The molecule has 3 aliphatic rings. The minimum atomic E-state index is -0.705. The highest BCUT2D eigenvalue weighted by Gasteiger charge is 2.40. The van der Waals surface area contributed by atoms with Gasteiger partial charge in [0.2, 0.25) is 11.8 Å². The molecule has 2 saturated heterocycles. The van der Waals surface area contributed by atoms with Crippen molar-refractivity contribution in [3.05, 3.63) is 65.4 Å². The first kappa shape index (κ1) is 21.7. The fraction of sp³-hybridized carbons (Fsp3) is 0.360. The van der Waals surface area contributed by atoms with Crippen LogP contribution in [-0.4, -0.2) is 69.1 Å². The molecule has 3 amide bonds. The van der Waals surface area contributed by atoms with Crippen LogP contribution in [0.4, 0.5) is 10.1 Å². The second kappa shape index (κ2) is 8.46. The number of fused-ring (bicyclic) bond motifs is 2. The van der Waals surface area contributed by atoms with Crippen molar-refractivity contribution in [2.24, 2.45) is 0 Å². The molecule has 2 aromatic heterocycles. The number of imide groups is 1. The molecule has 5 heterocycles. The molecule has 1 unspecified atom stereocenters. The molecule has 0 saturated carbocycles. The number of piperazine rings is 1. The van der Waals surface area contributed by atoms with E-state index in [-0.39, 0.29) is 31.2 Å². The zero-order chi connectivity index (χ0) is 24.1. The number of nitrogens with zero attached hydrogens (tertiary/aromatic N) is 5. The highest BCUT2D eigenvalue weighted by molar-refractivity contribution is 6.05. The summed E-state index contributed by atoms with van der Waals surface area (Å²) in [5.74, 6) is -1.59. The predicted molar refractivity (Wildman–Crippen MR) is 125 cm³/mol. The van der Waals surface area contributed by atoms with E-state index in [1.165, 1.54) is 16.5 Å². The monoisotopic (exact) mass is 476 g/mol. The average Bonchev–Trinajstić information content (AvgIpc) is 3.43. The molecule has 9 nitrogen and oxygen atoms in total. The summed E-state index contributed by atoms with van der Waals surface area (Å²) in [7, 11) is 0. The topological polar surface area (TPSA) is 90.3 Å². The quantitative estimate of drug-likeness (QED) is 0.575. The number of hydrogen-bond donors (Lipinski definition) is 1. The van der Waals surface area contributed by atoms with Crippen LogP contribution in [0, 0.1) is 5.82 Å². The lowest BCUT2D eigenvalue weighted by atomic mass is 10.0. The van der Waals surface area contributed by atoms with Crippen molar-refractivity contribution < 1.29 is 18.8 Å². The molecule has 6 rings (SSSR count). The fourth-order valence-corrected chi connectivity index (χ4v) is 5.27. The van der Waals surface area contributed by atoms with Crippen LogP contribution in [0.25, 0.3) is 5.65 Å². The van der Waals surface area contributed by atoms with E-state index in [1.807, 2.05) is 21.7 Å². The van der Waals surface area contributed by atoms with E-state index in [1.54, 1.807) is 12.3 Å². The highest BCUT2D eigenvalue weighted by Crippen LogP contribution is 2.33. The standard InChI is InChI=1S/C25H25FN6O3/c26-19-13-18-17(15-32(25(18)35)20-1-2-23(33)28-24(20)34)12-21(19)30-9-7-29(8-10-30)14-16-3-5-31-6-4-27-22(31)11-16/h3-6,11-13,20H,1-2,7-10,14-15H2,(H,28,33,34). The number of hydrogen-bond acceptors (Lipinski definition) is 6. The molecule has 1 atom stereocenters. The van der Waals surface area contributed by atoms with Crippen molar-refractivity contribution in [2.45, 2.75) is 32.0 Å². The molecule has 1 N–H and O–H groups in total. The van der Waals surface area contributed by atoms with Crippen LogP contribution >= 0.6 is 0 Å². The number of aromatic nitrogens is 2. The molecule has 10 heteroatoms. The maximum atomic E-state index is 15.1. The van der Waals surface area contributed by atoms with Crippen molar-refractivity contribution in [3.8, 4) is 0 Å². The zero-order valence-corrected chi connectivity index (χ0v) is 19.1. The van der Waals surface area contributed by atoms with E-state index in [9.17, 15) is 14.4 Å². The number of pyridine rings is 1. The summed E-state index contributed by atoms with van der Waals surface area (Å²) in [5.41, 5.74) is 3.60. The number of imidazole rings is 1. The van der Waals surface area contributed by atoms with Gasteiger partial charge >= 0.3 is 0 Å². The number of carbonyl (C=O) groups excluding carboxylic acids is 3. The second-order valence-electron chi connectivity index (χ2n) is 9.35. The van der Waals surface area contributed by atoms with Gasteiger partial charge in [-0.3, -0.25) is 24.6 Å². The summed E-state index contributed by atoms with van der Waals surface area (Å²) in [6.07, 6.45) is 6.18. The summed E-state index contributed by atoms with van der Waals surface area (Å²) >= 11 is 0. The third kappa shape index (κ3) is 3.93. The molecule has 3 aromatic rings. The molecule has 0 spiro atoms. The molecule has 0 bridgehead atoms. The Hall–Kier alpha value is -3.79. The van der Waals surface area contributed by atoms with Gasteiger partial charge in [0.1, 0.15) is 17.5 Å². The normalized spacial score (nSPS) is 21.1. The Morgan fingerprint density at radius 1 is 1.06 bits per heavy atom. The fourth-order valence-electron chi connectivity index (χ4n) is 5.27. The molecule has 3 aliphatic heterocycles. The Kier molecular flexibility index (Phi) is 5.25. The molecule has 0 radical (unpaired) electrons. The van der Waals surface area contributed by atoms with Gasteiger partial charge in [-0.05, 0) is 41.8 Å². The summed E-state index contributed by atoms with van der Waals surface area (Å²) in [5, 5.41) is 2.29. The zero-order valence-electron chi connectivity index (χ0n) is 19.1. The number of halogens is 1. The molecule has 35 heavy (non-hydrogen) atoms. The van der Waals surface area contributed by atoms with E-state index in [0.29, 0.717) is 29.9 Å². The molecule has 2 fully saturated rings. The molecule has 0 aliphatic carbocycles. The van der Waals surface area contributed by atoms with E-state index in [0.717, 1.165) is 25.3 Å². The van der Waals surface area contributed by atoms with Gasteiger partial charge in [0.15, 0.2) is 0 Å². The first-order chi connectivity index (χ1) is 17.0. The van der Waals surface area contributed by atoms with Crippen LogP contribution in [-0.2, 0) is 22.7 Å². The Bertz CT molecular complexity index is 1350. The number of piperidine rings is 1. The van der Waals surface area contributed by atoms with E-state index >= 15 is 4.39 Å². The first-order valence-corrected chi connectivity index (χ1v) is 11.8. The van der Waals surface area contributed by atoms with Gasteiger partial charge in [0.25, 0.3) is 5.91 Å². The van der Waals surface area contributed by atoms with Gasteiger partial charge in [0, 0.05) is 69.8 Å². The SMILES string of the molecule is O=C1CCC(N2Cc3cc(N4CCN(Cc5ccn6ccnc6c5)CC4)c(F)cc3C2=O)C(=O)N1. The van der Waals surface area contributed by atoms with Crippen LogP contribution in [0.15, 0.2) is 42.9 Å². The maximum absolute atomic E-state index is 15.1. The average molecular weight is 477 g/mol. The third-order valence-corrected chi connectivity index (χ3v) is 7.17. The lowest BCUT2D eigenvalue weighted by molar-refractivity contribution is -0.136. The number of rotatable bonds is 4. The number of amides is 3. The number of nitrogens with one attached hydrogen (secondary N) is 1. The predicted octanol–water partition coefficient (Wildman–Crippen LogP) is 1.56. The van der Waals surface area contributed by atoms with Crippen molar-refractivity contribution in [1.82, 2.24) is 24.5 Å². The summed E-state index contributed by atoms with van der Waals surface area (Å²) in [6, 6.07) is 6.51. The van der Waals surface area contributed by atoms with Gasteiger partial charge in [-0.2, -0.15) is 0 Å². The van der Waals surface area contributed by atoms with Crippen LogP contribution in [0.5, 0.6) is 0 Å². The van der Waals surface area contributed by atoms with Crippen molar-refractivity contribution in [3.63, 3.8) is 0 Å². The number of carbonyl (C=O) groups is 3. The van der Waals surface area contributed by atoms with Crippen molar-refractivity contribution >= 4 is 29.1 Å². The molecule has 1 aromatic carbocycles. The summed E-state index contributed by atoms with van der Waals surface area (Å²) < 4.78 is 17.1. The number of anilines is 1. The lowest BCUT2D eigenvalue weighted by Gasteiger charge is -2.36. The summed E-state index contributed by atoms with van der Waals surface area (Å²) in [6.45, 7) is 3.97. The summed E-state index contributed by atoms with van der Waals surface area (Å²) in [4.78, 5) is 46.8. The molecular weight excluding hydrogens is 451 g/mol. The lowest BCUT2D eigenvalue weighted by Crippen LogP contribution is -2.52. The minimum absolute atomic E-state index is 0.191. The van der Waals surface area contributed by atoms with E-state index in [2.05, 4.69) is 27.3 Å². The van der Waals surface area contributed by atoms with Crippen LogP contribution < -0.4 is 10.2 Å². The van der Waals surface area contributed by atoms with Gasteiger partial charge in [0.05, 0.1) is 5.69 Å². The Morgan fingerprint density at radius 2 is 1.89 bits per heavy atom. The largest absolute Gasteiger partial charge is 0.367 e. The van der Waals surface area contributed by atoms with Crippen LogP contribution in [0.3, 0.4) is 0 Å². The Labute approximate surface area is 201 Å². The number of benzene rings is 1. The highest BCUT2D eigenvalue weighted by atomic mass is 19.1. The van der Waals surface area contributed by atoms with Crippen LogP contribution in [0.2, 0.25) is 0 Å². The maximum Gasteiger partial charge on any atom is 0.255 e. The molecular formula is C25H25FN6O3. The minimum Gasteiger partial charge on any atom is -0.367 e. The van der Waals surface area contributed by atoms with Gasteiger partial charge in [-0.15, -0.1) is 0 Å². The van der Waals surface area contributed by atoms with Gasteiger partial charge in [-0.25, -0.2) is 9.37 Å². The first-order valence-electron chi connectivity index (χ1n) is 11.8. The van der Waals surface area contributed by atoms with Crippen molar-refractivity contribution in [1.29, 1.82) is 0 Å². The van der Waals surface area contributed by atoms with Gasteiger partial charge < -0.3 is 14.2 Å². The Morgan fingerprint density at radius 3 is 2.69 bits per heavy atom. The third-order valence-electron chi connectivity index (χ3n) is 7.17. The Balaban J connectivity index is 1.13. The molecule has 180 valence electrons. The van der Waals surface area contributed by atoms with E-state index < -0.39 is 17.8 Å². The smallest absolute Gasteiger partial charge is 0.255 e.